The Morgan fingerprint density at radius 1 is 0.929 bits per heavy atom. The van der Waals surface area contributed by atoms with E-state index in [1.165, 1.54) is 0 Å². The maximum absolute atomic E-state index is 13.3. The van der Waals surface area contributed by atoms with Gasteiger partial charge in [-0.1, -0.05) is 72.8 Å². The van der Waals surface area contributed by atoms with Gasteiger partial charge in [-0.3, -0.25) is 4.79 Å². The first-order chi connectivity index (χ1) is 13.6. The van der Waals surface area contributed by atoms with Crippen molar-refractivity contribution in [3.05, 3.63) is 102 Å². The van der Waals surface area contributed by atoms with E-state index in [2.05, 4.69) is 19.1 Å². The zero-order chi connectivity index (χ0) is 19.6. The van der Waals surface area contributed by atoms with E-state index < -0.39 is 11.7 Å². The van der Waals surface area contributed by atoms with Crippen LogP contribution in [0.25, 0.3) is 0 Å². The number of benzene rings is 3. The Hall–Kier alpha value is -2.91. The van der Waals surface area contributed by atoms with Gasteiger partial charge < -0.3 is 9.47 Å². The number of Topliss-reactive ketones (excluding diaryl/α,β-unsaturated/α-hetero) is 1. The minimum Gasteiger partial charge on any atom is -0.497 e. The predicted octanol–water partition coefficient (Wildman–Crippen LogP) is 5.37. The third kappa shape index (κ3) is 3.46. The van der Waals surface area contributed by atoms with Gasteiger partial charge in [0.1, 0.15) is 11.9 Å². The smallest absolute Gasteiger partial charge is 0.192 e. The summed E-state index contributed by atoms with van der Waals surface area (Å²) in [6, 6.07) is 27.5. The topological polar surface area (TPSA) is 35.5 Å². The number of hydrogen-bond acceptors (Lipinski definition) is 3. The minimum atomic E-state index is -0.527. The molecule has 3 aromatic rings. The summed E-state index contributed by atoms with van der Waals surface area (Å²) < 4.78 is 11.8. The van der Waals surface area contributed by atoms with Gasteiger partial charge in [0, 0.05) is 11.5 Å². The van der Waals surface area contributed by atoms with Crippen molar-refractivity contribution in [1.29, 1.82) is 0 Å². The normalized spacial score (nSPS) is 24.1. The zero-order valence-electron chi connectivity index (χ0n) is 16.2. The second-order valence-electron chi connectivity index (χ2n) is 7.45. The van der Waals surface area contributed by atoms with Crippen molar-refractivity contribution in [2.75, 3.05) is 7.11 Å². The molecule has 0 aliphatic carbocycles. The molecule has 0 aromatic heterocycles. The van der Waals surface area contributed by atoms with Crippen LogP contribution in [0.4, 0.5) is 0 Å². The molecule has 0 amide bonds. The fourth-order valence-electron chi connectivity index (χ4n) is 4.06. The third-order valence-electron chi connectivity index (χ3n) is 5.61. The molecule has 0 spiro atoms. The average Bonchev–Trinajstić information content (AvgIpc) is 3.13. The van der Waals surface area contributed by atoms with Crippen LogP contribution in [0.5, 0.6) is 5.75 Å². The molecule has 0 saturated carbocycles. The monoisotopic (exact) mass is 372 g/mol. The van der Waals surface area contributed by atoms with Gasteiger partial charge in [-0.15, -0.1) is 0 Å². The standard InChI is InChI=1S/C25H24O3/c1-25(20-11-7-4-8-12-20)17-22(18-13-15-21(27-2)16-14-18)24(28-25)23(26)19-9-5-3-6-10-19/h3-16,22,24H,17H2,1-2H3/t22-,24+,25-/m1/s1. The lowest BCUT2D eigenvalue weighted by Crippen LogP contribution is -2.28. The molecule has 4 rings (SSSR count). The summed E-state index contributed by atoms with van der Waals surface area (Å²) in [4.78, 5) is 13.3. The van der Waals surface area contributed by atoms with Gasteiger partial charge in [0.05, 0.1) is 12.7 Å². The summed E-state index contributed by atoms with van der Waals surface area (Å²) in [5.41, 5.74) is 2.36. The maximum Gasteiger partial charge on any atom is 0.192 e. The van der Waals surface area contributed by atoms with Crippen molar-refractivity contribution in [3.8, 4) is 5.75 Å². The van der Waals surface area contributed by atoms with Crippen molar-refractivity contribution in [2.45, 2.75) is 31.0 Å². The first kappa shape index (κ1) is 18.5. The van der Waals surface area contributed by atoms with Crippen LogP contribution in [0.1, 0.15) is 40.7 Å². The van der Waals surface area contributed by atoms with Crippen LogP contribution >= 0.6 is 0 Å². The Balaban J connectivity index is 1.72. The van der Waals surface area contributed by atoms with Gasteiger partial charge in [0.25, 0.3) is 0 Å². The zero-order valence-corrected chi connectivity index (χ0v) is 16.2. The quantitative estimate of drug-likeness (QED) is 0.565. The Morgan fingerprint density at radius 2 is 1.54 bits per heavy atom. The number of ketones is 1. The molecule has 1 heterocycles. The molecule has 1 aliphatic heterocycles. The number of ether oxygens (including phenoxy) is 2. The lowest BCUT2D eigenvalue weighted by Gasteiger charge is -2.25. The number of carbonyl (C=O) groups is 1. The number of rotatable bonds is 5. The second-order valence-corrected chi connectivity index (χ2v) is 7.45. The molecule has 0 bridgehead atoms. The lowest BCUT2D eigenvalue weighted by molar-refractivity contribution is -0.0237. The van der Waals surface area contributed by atoms with E-state index >= 15 is 0 Å². The third-order valence-corrected chi connectivity index (χ3v) is 5.61. The van der Waals surface area contributed by atoms with Crippen molar-refractivity contribution >= 4 is 5.78 Å². The summed E-state index contributed by atoms with van der Waals surface area (Å²) in [5, 5.41) is 0. The fourth-order valence-corrected chi connectivity index (χ4v) is 4.06. The molecular formula is C25H24O3. The highest BCUT2D eigenvalue weighted by Crippen LogP contribution is 2.48. The number of carbonyl (C=O) groups excluding carboxylic acids is 1. The molecule has 142 valence electrons. The van der Waals surface area contributed by atoms with Crippen molar-refractivity contribution < 1.29 is 14.3 Å². The highest BCUT2D eigenvalue weighted by molar-refractivity contribution is 6.00. The molecule has 3 atom stereocenters. The molecule has 0 unspecified atom stereocenters. The summed E-state index contributed by atoms with van der Waals surface area (Å²) in [7, 11) is 1.65. The summed E-state index contributed by atoms with van der Waals surface area (Å²) >= 11 is 0. The fraction of sp³-hybridized carbons (Fsp3) is 0.240. The van der Waals surface area contributed by atoms with Crippen LogP contribution in [-0.2, 0) is 10.3 Å². The van der Waals surface area contributed by atoms with Gasteiger partial charge in [-0.05, 0) is 36.6 Å². The van der Waals surface area contributed by atoms with Crippen LogP contribution in [0.3, 0.4) is 0 Å². The number of methoxy groups -OCH3 is 1. The van der Waals surface area contributed by atoms with E-state index in [9.17, 15) is 4.79 Å². The maximum atomic E-state index is 13.3. The Labute approximate surface area is 165 Å². The molecular weight excluding hydrogens is 348 g/mol. The van der Waals surface area contributed by atoms with E-state index in [4.69, 9.17) is 9.47 Å². The molecule has 3 aromatic carbocycles. The molecule has 28 heavy (non-hydrogen) atoms. The van der Waals surface area contributed by atoms with Gasteiger partial charge in [-0.2, -0.15) is 0 Å². The van der Waals surface area contributed by atoms with E-state index in [0.717, 1.165) is 23.3 Å². The highest BCUT2D eigenvalue weighted by Gasteiger charge is 2.48. The van der Waals surface area contributed by atoms with Crippen LogP contribution in [-0.4, -0.2) is 19.0 Å². The van der Waals surface area contributed by atoms with E-state index in [1.54, 1.807) is 7.11 Å². The van der Waals surface area contributed by atoms with Crippen LogP contribution < -0.4 is 4.74 Å². The Morgan fingerprint density at radius 3 is 2.14 bits per heavy atom. The van der Waals surface area contributed by atoms with Crippen molar-refractivity contribution in [2.24, 2.45) is 0 Å². The lowest BCUT2D eigenvalue weighted by atomic mass is 9.82. The highest BCUT2D eigenvalue weighted by atomic mass is 16.5. The molecule has 1 aliphatic rings. The van der Waals surface area contributed by atoms with E-state index in [-0.39, 0.29) is 11.7 Å². The Kier molecular flexibility index (Phi) is 5.01. The summed E-state index contributed by atoms with van der Waals surface area (Å²) in [6.07, 6.45) is 0.216. The Bertz CT molecular complexity index is 935. The van der Waals surface area contributed by atoms with E-state index in [0.29, 0.717) is 5.56 Å². The minimum absolute atomic E-state index is 0.0242. The SMILES string of the molecule is COc1ccc([C@H]2C[C@](C)(c3ccccc3)O[C@@H]2C(=O)c2ccccc2)cc1. The molecule has 0 radical (unpaired) electrons. The van der Waals surface area contributed by atoms with Crippen LogP contribution in [0, 0.1) is 0 Å². The molecule has 1 fully saturated rings. The van der Waals surface area contributed by atoms with Gasteiger partial charge >= 0.3 is 0 Å². The first-order valence-corrected chi connectivity index (χ1v) is 9.57. The molecule has 1 saturated heterocycles. The summed E-state index contributed by atoms with van der Waals surface area (Å²) in [5.74, 6) is 0.810. The predicted molar refractivity (Wildman–Crippen MR) is 110 cm³/mol. The van der Waals surface area contributed by atoms with E-state index in [1.807, 2.05) is 72.8 Å². The van der Waals surface area contributed by atoms with Crippen molar-refractivity contribution in [3.63, 3.8) is 0 Å². The van der Waals surface area contributed by atoms with Crippen molar-refractivity contribution in [1.82, 2.24) is 0 Å². The first-order valence-electron chi connectivity index (χ1n) is 9.57. The van der Waals surface area contributed by atoms with Gasteiger partial charge in [0.15, 0.2) is 5.78 Å². The average molecular weight is 372 g/mol. The summed E-state index contributed by atoms with van der Waals surface area (Å²) in [6.45, 7) is 2.08. The number of hydrogen-bond donors (Lipinski definition) is 0. The van der Waals surface area contributed by atoms with Gasteiger partial charge in [0.2, 0.25) is 0 Å². The largest absolute Gasteiger partial charge is 0.497 e. The molecule has 0 N–H and O–H groups in total. The second kappa shape index (κ2) is 7.61. The van der Waals surface area contributed by atoms with Gasteiger partial charge in [-0.25, -0.2) is 0 Å². The molecule has 3 nitrogen and oxygen atoms in total. The molecule has 3 heteroatoms. The van der Waals surface area contributed by atoms with Crippen LogP contribution in [0.2, 0.25) is 0 Å². The van der Waals surface area contributed by atoms with Crippen LogP contribution in [0.15, 0.2) is 84.9 Å².